The molecular weight excluding hydrogens is 307 g/mol. The maximum absolute atomic E-state index is 12.8. The molecule has 24 heavy (non-hydrogen) atoms. The molecule has 0 radical (unpaired) electrons. The van der Waals surface area contributed by atoms with Crippen molar-refractivity contribution in [2.75, 3.05) is 13.1 Å². The van der Waals surface area contributed by atoms with Crippen LogP contribution in [0.15, 0.2) is 54.6 Å². The van der Waals surface area contributed by atoms with Gasteiger partial charge in [0.05, 0.1) is 13.0 Å². The van der Waals surface area contributed by atoms with Gasteiger partial charge in [-0.05, 0) is 36.1 Å². The number of rotatable bonds is 8. The third-order valence-electron chi connectivity index (χ3n) is 3.53. The van der Waals surface area contributed by atoms with E-state index in [1.54, 1.807) is 12.1 Å². The topological polar surface area (TPSA) is 58.2 Å². The first-order valence-corrected chi connectivity index (χ1v) is 7.95. The van der Waals surface area contributed by atoms with Gasteiger partial charge in [0.2, 0.25) is 11.8 Å². The first kappa shape index (κ1) is 17.7. The van der Waals surface area contributed by atoms with Gasteiger partial charge in [0, 0.05) is 6.54 Å². The molecule has 0 aliphatic rings. The first-order valence-electron chi connectivity index (χ1n) is 7.95. The van der Waals surface area contributed by atoms with Gasteiger partial charge in [0.1, 0.15) is 5.82 Å². The number of halogens is 1. The molecule has 2 amide bonds. The molecule has 126 valence electrons. The van der Waals surface area contributed by atoms with E-state index >= 15 is 0 Å². The lowest BCUT2D eigenvalue weighted by Crippen LogP contribution is -2.38. The first-order chi connectivity index (χ1) is 11.6. The summed E-state index contributed by atoms with van der Waals surface area (Å²) in [5.74, 6) is -0.814. The van der Waals surface area contributed by atoms with Gasteiger partial charge in [-0.2, -0.15) is 0 Å². The lowest BCUT2D eigenvalue weighted by molar-refractivity contribution is -0.125. The Morgan fingerprint density at radius 1 is 0.833 bits per heavy atom. The zero-order valence-corrected chi connectivity index (χ0v) is 13.4. The highest BCUT2D eigenvalue weighted by molar-refractivity contribution is 5.85. The second-order valence-electron chi connectivity index (χ2n) is 5.52. The van der Waals surface area contributed by atoms with Crippen LogP contribution in [0.4, 0.5) is 4.39 Å². The molecule has 0 bridgehead atoms. The SMILES string of the molecule is O=C(CNC(=O)Cc1ccc(F)cc1)NCCCc1ccccc1. The Labute approximate surface area is 141 Å². The monoisotopic (exact) mass is 328 g/mol. The van der Waals surface area contributed by atoms with Crippen molar-refractivity contribution in [3.8, 4) is 0 Å². The van der Waals surface area contributed by atoms with E-state index in [0.717, 1.165) is 12.8 Å². The number of amides is 2. The summed E-state index contributed by atoms with van der Waals surface area (Å²) >= 11 is 0. The number of benzene rings is 2. The Balaban J connectivity index is 1.58. The molecule has 0 aromatic heterocycles. The minimum Gasteiger partial charge on any atom is -0.355 e. The van der Waals surface area contributed by atoms with Gasteiger partial charge in [-0.1, -0.05) is 42.5 Å². The highest BCUT2D eigenvalue weighted by Gasteiger charge is 2.06. The Morgan fingerprint density at radius 3 is 2.25 bits per heavy atom. The predicted octanol–water partition coefficient (Wildman–Crippen LogP) is 2.23. The maximum Gasteiger partial charge on any atom is 0.239 e. The van der Waals surface area contributed by atoms with E-state index in [-0.39, 0.29) is 30.6 Å². The molecule has 2 aromatic rings. The quantitative estimate of drug-likeness (QED) is 0.730. The van der Waals surface area contributed by atoms with E-state index in [9.17, 15) is 14.0 Å². The van der Waals surface area contributed by atoms with Gasteiger partial charge >= 0.3 is 0 Å². The van der Waals surface area contributed by atoms with E-state index in [2.05, 4.69) is 22.8 Å². The molecule has 0 fully saturated rings. The second-order valence-corrected chi connectivity index (χ2v) is 5.52. The van der Waals surface area contributed by atoms with Crippen molar-refractivity contribution in [2.45, 2.75) is 19.3 Å². The van der Waals surface area contributed by atoms with Crippen LogP contribution in [0.2, 0.25) is 0 Å². The van der Waals surface area contributed by atoms with E-state index in [1.165, 1.54) is 17.7 Å². The number of aryl methyl sites for hydroxylation is 1. The predicted molar refractivity (Wildman–Crippen MR) is 90.9 cm³/mol. The molecule has 0 saturated heterocycles. The smallest absolute Gasteiger partial charge is 0.239 e. The molecule has 0 saturated carbocycles. The summed E-state index contributed by atoms with van der Waals surface area (Å²) in [5, 5.41) is 5.34. The van der Waals surface area contributed by atoms with Crippen LogP contribution in [0.25, 0.3) is 0 Å². The standard InChI is InChI=1S/C19H21FN2O2/c20-17-10-8-16(9-11-17)13-18(23)22-14-19(24)21-12-4-7-15-5-2-1-3-6-15/h1-3,5-6,8-11H,4,7,12-14H2,(H,21,24)(H,22,23). The summed E-state index contributed by atoms with van der Waals surface area (Å²) in [6.45, 7) is 0.521. The van der Waals surface area contributed by atoms with Crippen LogP contribution in [0.3, 0.4) is 0 Å². The van der Waals surface area contributed by atoms with Gasteiger partial charge in [-0.25, -0.2) is 4.39 Å². The van der Waals surface area contributed by atoms with Crippen molar-refractivity contribution in [1.29, 1.82) is 0 Å². The van der Waals surface area contributed by atoms with Crippen molar-refractivity contribution < 1.29 is 14.0 Å². The fourth-order valence-electron chi connectivity index (χ4n) is 2.26. The highest BCUT2D eigenvalue weighted by Crippen LogP contribution is 2.03. The average molecular weight is 328 g/mol. The van der Waals surface area contributed by atoms with Crippen LogP contribution in [-0.4, -0.2) is 24.9 Å². The molecule has 0 spiro atoms. The summed E-state index contributed by atoms with van der Waals surface area (Å²) < 4.78 is 12.8. The molecule has 0 aliphatic heterocycles. The largest absolute Gasteiger partial charge is 0.355 e. The third kappa shape index (κ3) is 6.60. The lowest BCUT2D eigenvalue weighted by atomic mass is 10.1. The minimum absolute atomic E-state index is 0.0502. The number of carbonyl (C=O) groups excluding carboxylic acids is 2. The van der Waals surface area contributed by atoms with E-state index in [1.807, 2.05) is 18.2 Å². The molecule has 0 heterocycles. The molecular formula is C19H21FN2O2. The highest BCUT2D eigenvalue weighted by atomic mass is 19.1. The maximum atomic E-state index is 12.8. The van der Waals surface area contributed by atoms with Crippen LogP contribution >= 0.6 is 0 Å². The van der Waals surface area contributed by atoms with Crippen molar-refractivity contribution in [3.05, 3.63) is 71.5 Å². The van der Waals surface area contributed by atoms with E-state index < -0.39 is 0 Å². The summed E-state index contributed by atoms with van der Waals surface area (Å²) in [6, 6.07) is 15.8. The normalized spacial score (nSPS) is 10.2. The Hall–Kier alpha value is -2.69. The summed E-state index contributed by atoms with van der Waals surface area (Å²) in [4.78, 5) is 23.4. The van der Waals surface area contributed by atoms with Crippen molar-refractivity contribution >= 4 is 11.8 Å². The Bertz CT molecular complexity index is 657. The molecule has 4 nitrogen and oxygen atoms in total. The van der Waals surface area contributed by atoms with Crippen LogP contribution < -0.4 is 10.6 Å². The fraction of sp³-hybridized carbons (Fsp3) is 0.263. The van der Waals surface area contributed by atoms with Gasteiger partial charge in [0.25, 0.3) is 0 Å². The van der Waals surface area contributed by atoms with Crippen molar-refractivity contribution in [2.24, 2.45) is 0 Å². The van der Waals surface area contributed by atoms with Gasteiger partial charge in [-0.15, -0.1) is 0 Å². The molecule has 0 unspecified atom stereocenters. The van der Waals surface area contributed by atoms with Gasteiger partial charge in [0.15, 0.2) is 0 Å². The summed E-state index contributed by atoms with van der Waals surface area (Å²) in [7, 11) is 0. The second kappa shape index (κ2) is 9.45. The fourth-order valence-corrected chi connectivity index (χ4v) is 2.26. The molecule has 0 atom stereocenters. The molecule has 2 aromatic carbocycles. The van der Waals surface area contributed by atoms with E-state index in [0.29, 0.717) is 12.1 Å². The summed E-state index contributed by atoms with van der Waals surface area (Å²) in [6.07, 6.45) is 1.87. The average Bonchev–Trinajstić information content (AvgIpc) is 2.60. The summed E-state index contributed by atoms with van der Waals surface area (Å²) in [5.41, 5.74) is 1.94. The van der Waals surface area contributed by atoms with Crippen molar-refractivity contribution in [1.82, 2.24) is 10.6 Å². The Kier molecular flexibility index (Phi) is 6.95. The minimum atomic E-state index is -0.339. The van der Waals surface area contributed by atoms with Crippen LogP contribution in [0.1, 0.15) is 17.5 Å². The number of hydrogen-bond acceptors (Lipinski definition) is 2. The van der Waals surface area contributed by atoms with E-state index in [4.69, 9.17) is 0 Å². The number of hydrogen-bond donors (Lipinski definition) is 2. The van der Waals surface area contributed by atoms with Crippen molar-refractivity contribution in [3.63, 3.8) is 0 Å². The molecule has 5 heteroatoms. The van der Waals surface area contributed by atoms with Gasteiger partial charge in [-0.3, -0.25) is 9.59 Å². The zero-order valence-electron chi connectivity index (χ0n) is 13.4. The molecule has 2 rings (SSSR count). The number of carbonyl (C=O) groups is 2. The third-order valence-corrected chi connectivity index (χ3v) is 3.53. The van der Waals surface area contributed by atoms with Crippen LogP contribution in [0.5, 0.6) is 0 Å². The lowest BCUT2D eigenvalue weighted by Gasteiger charge is -2.07. The van der Waals surface area contributed by atoms with Crippen LogP contribution in [0, 0.1) is 5.82 Å². The number of nitrogens with one attached hydrogen (secondary N) is 2. The van der Waals surface area contributed by atoms with Crippen LogP contribution in [-0.2, 0) is 22.4 Å². The molecule has 0 aliphatic carbocycles. The van der Waals surface area contributed by atoms with Gasteiger partial charge < -0.3 is 10.6 Å². The molecule has 2 N–H and O–H groups in total. The zero-order chi connectivity index (χ0) is 17.2. The Morgan fingerprint density at radius 2 is 1.54 bits per heavy atom.